The van der Waals surface area contributed by atoms with Gasteiger partial charge in [0, 0.05) is 12.8 Å². The van der Waals surface area contributed by atoms with Crippen LogP contribution in [0.1, 0.15) is 25.3 Å². The molecular formula is C16H21N4O3+. The van der Waals surface area contributed by atoms with Gasteiger partial charge in [-0.25, -0.2) is 4.79 Å². The van der Waals surface area contributed by atoms with Crippen LogP contribution in [0.2, 0.25) is 0 Å². The Morgan fingerprint density at radius 1 is 1.26 bits per heavy atom. The molecular weight excluding hydrogens is 296 g/mol. The second kappa shape index (κ2) is 6.00. The molecule has 3 N–H and O–H groups in total. The van der Waals surface area contributed by atoms with Gasteiger partial charge in [-0.1, -0.05) is 30.3 Å². The lowest BCUT2D eigenvalue weighted by Crippen LogP contribution is -3.11. The van der Waals surface area contributed by atoms with E-state index in [2.05, 4.69) is 10.7 Å². The van der Waals surface area contributed by atoms with Crippen LogP contribution in [0.5, 0.6) is 0 Å². The van der Waals surface area contributed by atoms with Gasteiger partial charge in [0.2, 0.25) is 0 Å². The summed E-state index contributed by atoms with van der Waals surface area (Å²) in [5.41, 5.74) is 1.96. The zero-order chi connectivity index (χ0) is 16.4. The Hall–Kier alpha value is -2.41. The fourth-order valence-corrected chi connectivity index (χ4v) is 3.15. The van der Waals surface area contributed by atoms with Gasteiger partial charge in [-0.05, 0) is 12.5 Å². The maximum Gasteiger partial charge on any atom is 0.344 e. The molecule has 4 amide bonds. The highest BCUT2D eigenvalue weighted by atomic mass is 16.2. The SMILES string of the molecule is C[C@]1(c2ccccc2)NC(=O)N(NC(=O)C[NH+]2CCCC2)C1=O. The molecule has 7 nitrogen and oxygen atoms in total. The maximum absolute atomic E-state index is 12.6. The number of hydrogen-bond acceptors (Lipinski definition) is 3. The van der Waals surface area contributed by atoms with Crippen molar-refractivity contribution >= 4 is 17.8 Å². The Morgan fingerprint density at radius 3 is 2.57 bits per heavy atom. The molecule has 1 aromatic rings. The Kier molecular flexibility index (Phi) is 4.04. The first-order valence-corrected chi connectivity index (χ1v) is 7.86. The minimum absolute atomic E-state index is 0.277. The first-order valence-electron chi connectivity index (χ1n) is 7.86. The number of rotatable bonds is 4. The van der Waals surface area contributed by atoms with Crippen LogP contribution in [-0.4, -0.2) is 42.5 Å². The van der Waals surface area contributed by atoms with E-state index in [0.717, 1.165) is 30.9 Å². The number of likely N-dealkylation sites (tertiary alicyclic amines) is 1. The van der Waals surface area contributed by atoms with Crippen molar-refractivity contribution in [3.05, 3.63) is 35.9 Å². The minimum Gasteiger partial charge on any atom is -0.327 e. The van der Waals surface area contributed by atoms with Gasteiger partial charge in [0.1, 0.15) is 5.54 Å². The van der Waals surface area contributed by atoms with Gasteiger partial charge in [0.15, 0.2) is 6.54 Å². The Bertz CT molecular complexity index is 627. The number of quaternary nitrogens is 1. The van der Waals surface area contributed by atoms with Gasteiger partial charge in [-0.3, -0.25) is 15.0 Å². The summed E-state index contributed by atoms with van der Waals surface area (Å²) in [7, 11) is 0. The summed E-state index contributed by atoms with van der Waals surface area (Å²) in [5, 5.41) is 3.46. The second-order valence-corrected chi connectivity index (χ2v) is 6.23. The monoisotopic (exact) mass is 317 g/mol. The summed E-state index contributed by atoms with van der Waals surface area (Å²) in [6, 6.07) is 8.39. The van der Waals surface area contributed by atoms with E-state index < -0.39 is 17.5 Å². The summed E-state index contributed by atoms with van der Waals surface area (Å²) in [5.74, 6) is -0.791. The number of nitrogens with zero attached hydrogens (tertiary/aromatic N) is 1. The van der Waals surface area contributed by atoms with Crippen LogP contribution >= 0.6 is 0 Å². The molecule has 1 atom stereocenters. The standard InChI is InChI=1S/C16H20N4O3/c1-16(12-7-3-2-4-8-12)14(22)20(15(23)17-16)18-13(21)11-19-9-5-6-10-19/h2-4,7-8H,5-6,9-11H2,1H3,(H,17,23)(H,18,21)/p+1/t16-/m1/s1. The molecule has 0 aliphatic carbocycles. The molecule has 0 bridgehead atoms. The molecule has 0 unspecified atom stereocenters. The van der Waals surface area contributed by atoms with Crippen LogP contribution in [0.3, 0.4) is 0 Å². The number of nitrogens with one attached hydrogen (secondary N) is 3. The van der Waals surface area contributed by atoms with Crippen LogP contribution in [0.4, 0.5) is 4.79 Å². The highest BCUT2D eigenvalue weighted by Gasteiger charge is 2.50. The van der Waals surface area contributed by atoms with Crippen LogP contribution in [0, 0.1) is 0 Å². The van der Waals surface area contributed by atoms with Crippen molar-refractivity contribution in [2.75, 3.05) is 19.6 Å². The highest BCUT2D eigenvalue weighted by molar-refractivity contribution is 6.08. The van der Waals surface area contributed by atoms with E-state index in [0.29, 0.717) is 5.56 Å². The first kappa shape index (κ1) is 15.5. The lowest BCUT2D eigenvalue weighted by Gasteiger charge is -2.22. The Balaban J connectivity index is 1.70. The van der Waals surface area contributed by atoms with E-state index in [1.54, 1.807) is 31.2 Å². The number of urea groups is 1. The van der Waals surface area contributed by atoms with E-state index in [1.807, 2.05) is 6.07 Å². The zero-order valence-corrected chi connectivity index (χ0v) is 13.1. The van der Waals surface area contributed by atoms with Gasteiger partial charge >= 0.3 is 6.03 Å². The quantitative estimate of drug-likeness (QED) is 0.634. The third-order valence-corrected chi connectivity index (χ3v) is 4.50. The zero-order valence-electron chi connectivity index (χ0n) is 13.1. The van der Waals surface area contributed by atoms with Gasteiger partial charge in [-0.15, -0.1) is 0 Å². The van der Waals surface area contributed by atoms with Gasteiger partial charge in [-0.2, -0.15) is 5.01 Å². The third-order valence-electron chi connectivity index (χ3n) is 4.50. The molecule has 7 heteroatoms. The van der Waals surface area contributed by atoms with Crippen LogP contribution in [-0.2, 0) is 15.1 Å². The Labute approximate surface area is 134 Å². The number of carbonyl (C=O) groups is 3. The van der Waals surface area contributed by atoms with Gasteiger partial charge in [0.25, 0.3) is 11.8 Å². The van der Waals surface area contributed by atoms with Crippen molar-refractivity contribution in [3.8, 4) is 0 Å². The van der Waals surface area contributed by atoms with Crippen LogP contribution in [0.15, 0.2) is 30.3 Å². The third kappa shape index (κ3) is 2.92. The molecule has 2 aliphatic heterocycles. The normalized spacial score (nSPS) is 24.8. The van der Waals surface area contributed by atoms with Crippen molar-refractivity contribution in [2.45, 2.75) is 25.3 Å². The van der Waals surface area contributed by atoms with Crippen molar-refractivity contribution in [1.82, 2.24) is 15.8 Å². The molecule has 2 saturated heterocycles. The van der Waals surface area contributed by atoms with E-state index >= 15 is 0 Å². The minimum atomic E-state index is -1.16. The lowest BCUT2D eigenvalue weighted by atomic mass is 9.92. The molecule has 0 radical (unpaired) electrons. The fraction of sp³-hybridized carbons (Fsp3) is 0.438. The predicted octanol–water partition coefficient (Wildman–Crippen LogP) is -0.836. The van der Waals surface area contributed by atoms with Crippen LogP contribution in [0.25, 0.3) is 0 Å². The van der Waals surface area contributed by atoms with E-state index in [-0.39, 0.29) is 12.5 Å². The van der Waals surface area contributed by atoms with Crippen molar-refractivity contribution in [1.29, 1.82) is 0 Å². The Morgan fingerprint density at radius 2 is 1.91 bits per heavy atom. The first-order chi connectivity index (χ1) is 11.0. The molecule has 0 aromatic heterocycles. The van der Waals surface area contributed by atoms with Gasteiger partial charge in [0.05, 0.1) is 13.1 Å². The summed E-state index contributed by atoms with van der Waals surface area (Å²) in [6.07, 6.45) is 2.22. The summed E-state index contributed by atoms with van der Waals surface area (Å²) in [4.78, 5) is 38.0. The molecule has 23 heavy (non-hydrogen) atoms. The molecule has 122 valence electrons. The van der Waals surface area contributed by atoms with Gasteiger partial charge < -0.3 is 10.2 Å². The van der Waals surface area contributed by atoms with E-state index in [9.17, 15) is 14.4 Å². The number of hydrogen-bond donors (Lipinski definition) is 3. The topological polar surface area (TPSA) is 83.0 Å². The summed E-state index contributed by atoms with van der Waals surface area (Å²) < 4.78 is 0. The number of imide groups is 1. The molecule has 3 rings (SSSR count). The lowest BCUT2D eigenvalue weighted by molar-refractivity contribution is -0.879. The number of hydrazine groups is 1. The summed E-state index contributed by atoms with van der Waals surface area (Å²) in [6.45, 7) is 3.82. The average Bonchev–Trinajstić information content (AvgIpc) is 3.11. The highest BCUT2D eigenvalue weighted by Crippen LogP contribution is 2.27. The number of amides is 4. The molecule has 1 aromatic carbocycles. The van der Waals surface area contributed by atoms with Crippen LogP contribution < -0.4 is 15.6 Å². The fourth-order valence-electron chi connectivity index (χ4n) is 3.15. The van der Waals surface area contributed by atoms with E-state index in [1.165, 1.54) is 4.90 Å². The molecule has 2 fully saturated rings. The molecule has 0 saturated carbocycles. The van der Waals surface area contributed by atoms with E-state index in [4.69, 9.17) is 0 Å². The largest absolute Gasteiger partial charge is 0.344 e. The smallest absolute Gasteiger partial charge is 0.327 e. The number of benzene rings is 1. The average molecular weight is 317 g/mol. The maximum atomic E-state index is 12.6. The van der Waals surface area contributed by atoms with Crippen molar-refractivity contribution in [3.63, 3.8) is 0 Å². The molecule has 2 aliphatic rings. The number of carbonyl (C=O) groups excluding carboxylic acids is 3. The predicted molar refractivity (Wildman–Crippen MR) is 82.1 cm³/mol. The molecule has 2 heterocycles. The second-order valence-electron chi connectivity index (χ2n) is 6.23. The van der Waals surface area contributed by atoms with Crippen molar-refractivity contribution < 1.29 is 19.3 Å². The summed E-state index contributed by atoms with van der Waals surface area (Å²) >= 11 is 0. The molecule has 0 spiro atoms. The van der Waals surface area contributed by atoms with Crippen molar-refractivity contribution in [2.24, 2.45) is 0 Å².